The summed E-state index contributed by atoms with van der Waals surface area (Å²) in [6, 6.07) is 7.78. The molecule has 3 aromatic rings. The van der Waals surface area contributed by atoms with Crippen LogP contribution in [0.25, 0.3) is 22.3 Å². The van der Waals surface area contributed by atoms with Gasteiger partial charge in [-0.15, -0.1) is 0 Å². The standard InChI is InChI=1S/C15H14N4O/c20-8-4-3-7-19-11-12(9-17-19)15-10-16-13-5-1-2-6-14(13)18-15/h1-2,5-6,8-11H,3-4,7H2. The Labute approximate surface area is 116 Å². The van der Waals surface area contributed by atoms with Crippen LogP contribution in [-0.4, -0.2) is 26.0 Å². The number of unbranched alkanes of at least 4 members (excludes halogenated alkanes) is 1. The molecule has 0 amide bonds. The van der Waals surface area contributed by atoms with Crippen LogP contribution >= 0.6 is 0 Å². The molecule has 3 rings (SSSR count). The number of hydrogen-bond acceptors (Lipinski definition) is 4. The molecule has 100 valence electrons. The maximum absolute atomic E-state index is 10.3. The van der Waals surface area contributed by atoms with Crippen molar-refractivity contribution >= 4 is 17.3 Å². The molecule has 0 N–H and O–H groups in total. The van der Waals surface area contributed by atoms with E-state index in [2.05, 4.69) is 15.1 Å². The predicted molar refractivity (Wildman–Crippen MR) is 76.1 cm³/mol. The lowest BCUT2D eigenvalue weighted by Gasteiger charge is -2.00. The molecule has 0 fully saturated rings. The zero-order valence-electron chi connectivity index (χ0n) is 10.9. The van der Waals surface area contributed by atoms with Crippen molar-refractivity contribution in [2.45, 2.75) is 19.4 Å². The lowest BCUT2D eigenvalue weighted by Crippen LogP contribution is -1.98. The van der Waals surface area contributed by atoms with Gasteiger partial charge in [-0.3, -0.25) is 9.67 Å². The fraction of sp³-hybridized carbons (Fsp3) is 0.200. The van der Waals surface area contributed by atoms with Gasteiger partial charge in [0.05, 0.1) is 29.1 Å². The third-order valence-electron chi connectivity index (χ3n) is 3.09. The first kappa shape index (κ1) is 12.5. The van der Waals surface area contributed by atoms with E-state index in [1.165, 1.54) is 0 Å². The number of benzene rings is 1. The molecular weight excluding hydrogens is 252 g/mol. The molecule has 20 heavy (non-hydrogen) atoms. The van der Waals surface area contributed by atoms with Crippen molar-refractivity contribution in [2.75, 3.05) is 0 Å². The molecule has 1 aromatic carbocycles. The molecule has 0 saturated carbocycles. The number of fused-ring (bicyclic) bond motifs is 1. The molecule has 0 aliphatic rings. The third kappa shape index (κ3) is 2.56. The molecule has 0 unspecified atom stereocenters. The Bertz CT molecular complexity index is 735. The van der Waals surface area contributed by atoms with Gasteiger partial charge in [-0.05, 0) is 18.6 Å². The predicted octanol–water partition coefficient (Wildman–Crippen LogP) is 2.47. The summed E-state index contributed by atoms with van der Waals surface area (Å²) in [5, 5.41) is 4.28. The van der Waals surface area contributed by atoms with E-state index in [1.807, 2.05) is 35.1 Å². The van der Waals surface area contributed by atoms with Gasteiger partial charge in [0.1, 0.15) is 6.29 Å². The zero-order chi connectivity index (χ0) is 13.8. The Morgan fingerprint density at radius 1 is 1.15 bits per heavy atom. The summed E-state index contributed by atoms with van der Waals surface area (Å²) >= 11 is 0. The first-order chi connectivity index (χ1) is 9.86. The number of para-hydroxylation sites is 2. The number of aldehydes is 1. The minimum atomic E-state index is 0.560. The van der Waals surface area contributed by atoms with Gasteiger partial charge in [0, 0.05) is 24.7 Å². The van der Waals surface area contributed by atoms with Crippen LogP contribution < -0.4 is 0 Å². The highest BCUT2D eigenvalue weighted by Crippen LogP contribution is 2.18. The van der Waals surface area contributed by atoms with Crippen LogP contribution in [0.3, 0.4) is 0 Å². The summed E-state index contributed by atoms with van der Waals surface area (Å²) in [6.07, 6.45) is 7.76. The van der Waals surface area contributed by atoms with Crippen LogP contribution in [0.1, 0.15) is 12.8 Å². The lowest BCUT2D eigenvalue weighted by molar-refractivity contribution is -0.107. The molecule has 2 heterocycles. The van der Waals surface area contributed by atoms with Crippen molar-refractivity contribution in [3.05, 3.63) is 42.9 Å². The molecule has 0 saturated heterocycles. The highest BCUT2D eigenvalue weighted by Gasteiger charge is 2.05. The molecule has 0 atom stereocenters. The number of carbonyl (C=O) groups is 1. The Kier molecular flexibility index (Phi) is 3.50. The van der Waals surface area contributed by atoms with E-state index in [0.29, 0.717) is 6.42 Å². The number of rotatable bonds is 5. The van der Waals surface area contributed by atoms with Gasteiger partial charge >= 0.3 is 0 Å². The smallest absolute Gasteiger partial charge is 0.120 e. The molecular formula is C15H14N4O. The van der Waals surface area contributed by atoms with Crippen molar-refractivity contribution in [1.82, 2.24) is 19.7 Å². The van der Waals surface area contributed by atoms with E-state index >= 15 is 0 Å². The number of nitrogens with zero attached hydrogens (tertiary/aromatic N) is 4. The fourth-order valence-corrected chi connectivity index (χ4v) is 2.05. The number of aromatic nitrogens is 4. The van der Waals surface area contributed by atoms with Crippen molar-refractivity contribution in [1.29, 1.82) is 0 Å². The summed E-state index contributed by atoms with van der Waals surface area (Å²) in [4.78, 5) is 19.3. The normalized spacial score (nSPS) is 10.8. The Balaban J connectivity index is 1.85. The van der Waals surface area contributed by atoms with Crippen molar-refractivity contribution in [3.8, 4) is 11.3 Å². The molecule has 2 aromatic heterocycles. The molecule has 0 bridgehead atoms. The maximum atomic E-state index is 10.3. The van der Waals surface area contributed by atoms with Crippen LogP contribution in [0.2, 0.25) is 0 Å². The van der Waals surface area contributed by atoms with E-state index in [1.54, 1.807) is 12.4 Å². The third-order valence-corrected chi connectivity index (χ3v) is 3.09. The van der Waals surface area contributed by atoms with E-state index in [0.717, 1.165) is 41.5 Å². The average Bonchev–Trinajstić information content (AvgIpc) is 2.96. The van der Waals surface area contributed by atoms with Gasteiger partial charge in [-0.25, -0.2) is 4.98 Å². The summed E-state index contributed by atoms with van der Waals surface area (Å²) in [7, 11) is 0. The van der Waals surface area contributed by atoms with Crippen LogP contribution in [-0.2, 0) is 11.3 Å². The SMILES string of the molecule is O=CCCCn1cc(-c2cnc3ccccc3n2)cn1. The zero-order valence-corrected chi connectivity index (χ0v) is 10.9. The van der Waals surface area contributed by atoms with Crippen LogP contribution in [0, 0.1) is 0 Å². The average molecular weight is 266 g/mol. The largest absolute Gasteiger partial charge is 0.303 e. The van der Waals surface area contributed by atoms with Gasteiger partial charge in [-0.1, -0.05) is 12.1 Å². The second-order valence-corrected chi connectivity index (χ2v) is 4.54. The topological polar surface area (TPSA) is 60.7 Å². The molecule has 0 radical (unpaired) electrons. The van der Waals surface area contributed by atoms with Gasteiger partial charge < -0.3 is 4.79 Å². The number of aryl methyl sites for hydroxylation is 1. The monoisotopic (exact) mass is 266 g/mol. The summed E-state index contributed by atoms with van der Waals surface area (Å²) in [5.74, 6) is 0. The Morgan fingerprint density at radius 2 is 2.00 bits per heavy atom. The van der Waals surface area contributed by atoms with Crippen LogP contribution in [0.15, 0.2) is 42.9 Å². The van der Waals surface area contributed by atoms with E-state index in [9.17, 15) is 4.79 Å². The highest BCUT2D eigenvalue weighted by atomic mass is 16.1. The van der Waals surface area contributed by atoms with Crippen molar-refractivity contribution in [2.24, 2.45) is 0 Å². The van der Waals surface area contributed by atoms with Gasteiger partial charge in [0.15, 0.2) is 0 Å². The van der Waals surface area contributed by atoms with Gasteiger partial charge in [0.25, 0.3) is 0 Å². The molecule has 0 aliphatic heterocycles. The van der Waals surface area contributed by atoms with E-state index in [4.69, 9.17) is 0 Å². The summed E-state index contributed by atoms with van der Waals surface area (Å²) in [5.41, 5.74) is 3.51. The fourth-order valence-electron chi connectivity index (χ4n) is 2.05. The first-order valence-electron chi connectivity index (χ1n) is 6.55. The Morgan fingerprint density at radius 3 is 2.85 bits per heavy atom. The summed E-state index contributed by atoms with van der Waals surface area (Å²) in [6.45, 7) is 0.736. The summed E-state index contributed by atoms with van der Waals surface area (Å²) < 4.78 is 1.83. The molecule has 0 spiro atoms. The Hall–Kier alpha value is -2.56. The highest BCUT2D eigenvalue weighted by molar-refractivity contribution is 5.76. The van der Waals surface area contributed by atoms with Gasteiger partial charge in [0.2, 0.25) is 0 Å². The van der Waals surface area contributed by atoms with Crippen LogP contribution in [0.5, 0.6) is 0 Å². The second kappa shape index (κ2) is 5.61. The second-order valence-electron chi connectivity index (χ2n) is 4.54. The minimum Gasteiger partial charge on any atom is -0.303 e. The number of hydrogen-bond donors (Lipinski definition) is 0. The quantitative estimate of drug-likeness (QED) is 0.526. The van der Waals surface area contributed by atoms with Crippen molar-refractivity contribution in [3.63, 3.8) is 0 Å². The van der Waals surface area contributed by atoms with Gasteiger partial charge in [-0.2, -0.15) is 5.10 Å². The molecule has 5 nitrogen and oxygen atoms in total. The maximum Gasteiger partial charge on any atom is 0.120 e. The molecule has 5 heteroatoms. The minimum absolute atomic E-state index is 0.560. The van der Waals surface area contributed by atoms with E-state index in [-0.39, 0.29) is 0 Å². The lowest BCUT2D eigenvalue weighted by atomic mass is 10.2. The molecule has 0 aliphatic carbocycles. The van der Waals surface area contributed by atoms with E-state index < -0.39 is 0 Å². The number of carbonyl (C=O) groups excluding carboxylic acids is 1. The van der Waals surface area contributed by atoms with Crippen LogP contribution in [0.4, 0.5) is 0 Å². The van der Waals surface area contributed by atoms with Crippen molar-refractivity contribution < 1.29 is 4.79 Å². The first-order valence-corrected chi connectivity index (χ1v) is 6.55.